The first kappa shape index (κ1) is 10.5. The summed E-state index contributed by atoms with van der Waals surface area (Å²) in [6, 6.07) is 2.28. The van der Waals surface area contributed by atoms with Crippen molar-refractivity contribution in [3.05, 3.63) is 0 Å². The number of nitriles is 1. The van der Waals surface area contributed by atoms with Gasteiger partial charge in [0, 0.05) is 0 Å². The van der Waals surface area contributed by atoms with Crippen molar-refractivity contribution >= 4 is 0 Å². The fourth-order valence-corrected chi connectivity index (χ4v) is 1.98. The molecule has 0 saturated heterocycles. The SMILES string of the molecule is CC(C)OC(C#N)C1CCCCC1. The van der Waals surface area contributed by atoms with Gasteiger partial charge in [0.05, 0.1) is 12.2 Å². The standard InChI is InChI=1S/C11H19NO/c1-9(2)13-11(8-12)10-6-4-3-5-7-10/h9-11H,3-7H2,1-2H3. The molecule has 13 heavy (non-hydrogen) atoms. The number of ether oxygens (including phenoxy) is 1. The molecular weight excluding hydrogens is 162 g/mol. The van der Waals surface area contributed by atoms with Gasteiger partial charge in [-0.3, -0.25) is 0 Å². The molecule has 1 unspecified atom stereocenters. The van der Waals surface area contributed by atoms with E-state index in [2.05, 4.69) is 6.07 Å². The second-order valence-electron chi connectivity index (χ2n) is 4.13. The zero-order chi connectivity index (χ0) is 9.68. The summed E-state index contributed by atoms with van der Waals surface area (Å²) in [5, 5.41) is 8.95. The Kier molecular flexibility index (Phi) is 4.24. The van der Waals surface area contributed by atoms with Crippen LogP contribution in [0.3, 0.4) is 0 Å². The summed E-state index contributed by atoms with van der Waals surface area (Å²) in [7, 11) is 0. The summed E-state index contributed by atoms with van der Waals surface area (Å²) < 4.78 is 5.58. The van der Waals surface area contributed by atoms with Crippen LogP contribution < -0.4 is 0 Å². The molecule has 2 nitrogen and oxygen atoms in total. The third kappa shape index (κ3) is 3.36. The molecule has 1 atom stereocenters. The second-order valence-corrected chi connectivity index (χ2v) is 4.13. The van der Waals surface area contributed by atoms with E-state index >= 15 is 0 Å². The van der Waals surface area contributed by atoms with Crippen LogP contribution in [-0.4, -0.2) is 12.2 Å². The molecule has 0 aromatic heterocycles. The Bertz CT molecular complexity index is 177. The molecule has 0 radical (unpaired) electrons. The number of hydrogen-bond acceptors (Lipinski definition) is 2. The summed E-state index contributed by atoms with van der Waals surface area (Å²) in [5.74, 6) is 0.487. The Morgan fingerprint density at radius 2 is 1.85 bits per heavy atom. The van der Waals surface area contributed by atoms with Gasteiger partial charge in [0.25, 0.3) is 0 Å². The smallest absolute Gasteiger partial charge is 0.147 e. The Balaban J connectivity index is 2.40. The molecule has 2 heteroatoms. The zero-order valence-electron chi connectivity index (χ0n) is 8.62. The van der Waals surface area contributed by atoms with Crippen molar-refractivity contribution < 1.29 is 4.74 Å². The fraction of sp³-hybridized carbons (Fsp3) is 0.909. The number of hydrogen-bond donors (Lipinski definition) is 0. The Hall–Kier alpha value is -0.550. The van der Waals surface area contributed by atoms with Crippen LogP contribution in [-0.2, 0) is 4.74 Å². The number of nitrogens with zero attached hydrogens (tertiary/aromatic N) is 1. The van der Waals surface area contributed by atoms with E-state index in [9.17, 15) is 0 Å². The lowest BCUT2D eigenvalue weighted by Gasteiger charge is -2.26. The maximum absolute atomic E-state index is 8.95. The highest BCUT2D eigenvalue weighted by atomic mass is 16.5. The van der Waals surface area contributed by atoms with E-state index in [1.54, 1.807) is 0 Å². The molecule has 1 fully saturated rings. The largest absolute Gasteiger partial charge is 0.360 e. The van der Waals surface area contributed by atoms with Crippen LogP contribution in [0.4, 0.5) is 0 Å². The minimum atomic E-state index is -0.166. The highest BCUT2D eigenvalue weighted by Crippen LogP contribution is 2.28. The molecule has 1 aliphatic rings. The third-order valence-corrected chi connectivity index (χ3v) is 2.62. The van der Waals surface area contributed by atoms with Gasteiger partial charge in [0.2, 0.25) is 0 Å². The van der Waals surface area contributed by atoms with Crippen LogP contribution in [0.2, 0.25) is 0 Å². The molecular formula is C11H19NO. The Labute approximate surface area is 80.9 Å². The molecule has 0 heterocycles. The van der Waals surface area contributed by atoms with Crippen LogP contribution >= 0.6 is 0 Å². The quantitative estimate of drug-likeness (QED) is 0.670. The van der Waals surface area contributed by atoms with E-state index in [0.29, 0.717) is 5.92 Å². The van der Waals surface area contributed by atoms with Crippen molar-refractivity contribution in [3.8, 4) is 6.07 Å². The summed E-state index contributed by atoms with van der Waals surface area (Å²) in [6.07, 6.45) is 6.22. The molecule has 1 saturated carbocycles. The van der Waals surface area contributed by atoms with Crippen LogP contribution in [0.5, 0.6) is 0 Å². The average Bonchev–Trinajstić information content (AvgIpc) is 2.15. The Morgan fingerprint density at radius 3 is 2.31 bits per heavy atom. The summed E-state index contributed by atoms with van der Waals surface area (Å²) >= 11 is 0. The molecule has 74 valence electrons. The second kappa shape index (κ2) is 5.24. The topological polar surface area (TPSA) is 33.0 Å². The molecule has 1 rings (SSSR count). The van der Waals surface area contributed by atoms with E-state index in [-0.39, 0.29) is 12.2 Å². The van der Waals surface area contributed by atoms with Gasteiger partial charge < -0.3 is 4.74 Å². The van der Waals surface area contributed by atoms with E-state index < -0.39 is 0 Å². The van der Waals surface area contributed by atoms with Gasteiger partial charge >= 0.3 is 0 Å². The lowest BCUT2D eigenvalue weighted by molar-refractivity contribution is -0.00252. The minimum absolute atomic E-state index is 0.166. The maximum atomic E-state index is 8.95. The van der Waals surface area contributed by atoms with E-state index in [4.69, 9.17) is 10.00 Å². The lowest BCUT2D eigenvalue weighted by atomic mass is 9.85. The zero-order valence-corrected chi connectivity index (χ0v) is 8.62. The van der Waals surface area contributed by atoms with Crippen LogP contribution in [0, 0.1) is 17.2 Å². The molecule has 0 amide bonds. The molecule has 0 spiro atoms. The minimum Gasteiger partial charge on any atom is -0.360 e. The van der Waals surface area contributed by atoms with Crippen molar-refractivity contribution in [2.24, 2.45) is 5.92 Å². The van der Waals surface area contributed by atoms with Crippen LogP contribution in [0.15, 0.2) is 0 Å². The van der Waals surface area contributed by atoms with Crippen LogP contribution in [0.1, 0.15) is 46.0 Å². The highest BCUT2D eigenvalue weighted by molar-refractivity contribution is 4.91. The summed E-state index contributed by atoms with van der Waals surface area (Å²) in [5.41, 5.74) is 0. The van der Waals surface area contributed by atoms with Gasteiger partial charge in [-0.15, -0.1) is 0 Å². The first-order valence-electron chi connectivity index (χ1n) is 5.29. The van der Waals surface area contributed by atoms with Gasteiger partial charge in [0.1, 0.15) is 6.10 Å². The van der Waals surface area contributed by atoms with Crippen molar-refractivity contribution in [1.82, 2.24) is 0 Å². The summed E-state index contributed by atoms with van der Waals surface area (Å²) in [4.78, 5) is 0. The van der Waals surface area contributed by atoms with E-state index in [0.717, 1.165) is 0 Å². The van der Waals surface area contributed by atoms with Gasteiger partial charge in [-0.25, -0.2) is 0 Å². The molecule has 0 aliphatic heterocycles. The summed E-state index contributed by atoms with van der Waals surface area (Å²) in [6.45, 7) is 3.99. The van der Waals surface area contributed by atoms with Crippen molar-refractivity contribution in [1.29, 1.82) is 5.26 Å². The number of rotatable bonds is 3. The molecule has 0 bridgehead atoms. The highest BCUT2D eigenvalue weighted by Gasteiger charge is 2.24. The van der Waals surface area contributed by atoms with Crippen LogP contribution in [0.25, 0.3) is 0 Å². The van der Waals surface area contributed by atoms with Gasteiger partial charge in [-0.05, 0) is 32.6 Å². The van der Waals surface area contributed by atoms with E-state index in [1.807, 2.05) is 13.8 Å². The van der Waals surface area contributed by atoms with Gasteiger partial charge in [-0.1, -0.05) is 19.3 Å². The molecule has 0 aromatic carbocycles. The average molecular weight is 181 g/mol. The van der Waals surface area contributed by atoms with Crippen molar-refractivity contribution in [3.63, 3.8) is 0 Å². The molecule has 1 aliphatic carbocycles. The van der Waals surface area contributed by atoms with Crippen molar-refractivity contribution in [2.75, 3.05) is 0 Å². The van der Waals surface area contributed by atoms with Gasteiger partial charge in [0.15, 0.2) is 0 Å². The van der Waals surface area contributed by atoms with Crippen molar-refractivity contribution in [2.45, 2.75) is 58.2 Å². The Morgan fingerprint density at radius 1 is 1.23 bits per heavy atom. The first-order chi connectivity index (χ1) is 6.24. The third-order valence-electron chi connectivity index (χ3n) is 2.62. The lowest BCUT2D eigenvalue weighted by Crippen LogP contribution is -2.27. The molecule has 0 N–H and O–H groups in total. The van der Waals surface area contributed by atoms with Gasteiger partial charge in [-0.2, -0.15) is 5.26 Å². The fourth-order valence-electron chi connectivity index (χ4n) is 1.98. The normalized spacial score (nSPS) is 21.4. The predicted molar refractivity (Wildman–Crippen MR) is 52.2 cm³/mol. The first-order valence-corrected chi connectivity index (χ1v) is 5.29. The molecule has 0 aromatic rings. The van der Waals surface area contributed by atoms with E-state index in [1.165, 1.54) is 32.1 Å². The monoisotopic (exact) mass is 181 g/mol. The maximum Gasteiger partial charge on any atom is 0.147 e. The predicted octanol–water partition coefficient (Wildman–Crippen LogP) is 2.88.